The third-order valence-corrected chi connectivity index (χ3v) is 3.43. The molecule has 0 spiro atoms. The summed E-state index contributed by atoms with van der Waals surface area (Å²) >= 11 is 0. The van der Waals surface area contributed by atoms with Crippen LogP contribution in [0.3, 0.4) is 0 Å². The van der Waals surface area contributed by atoms with Gasteiger partial charge in [0.05, 0.1) is 5.69 Å². The van der Waals surface area contributed by atoms with Crippen LogP contribution in [0.5, 0.6) is 0 Å². The highest BCUT2D eigenvalue weighted by Gasteiger charge is 2.22. The molecule has 2 aromatic carbocycles. The van der Waals surface area contributed by atoms with E-state index in [1.54, 1.807) is 30.3 Å². The normalized spacial score (nSPS) is 12.0. The number of benzene rings is 2. The van der Waals surface area contributed by atoms with Crippen molar-refractivity contribution < 1.29 is 23.5 Å². The first-order valence-electron chi connectivity index (χ1n) is 8.17. The second-order valence-electron chi connectivity index (χ2n) is 5.67. The molecule has 2 rings (SSSR count). The number of ether oxygens (including phenoxy) is 1. The van der Waals surface area contributed by atoms with Crippen molar-refractivity contribution in [2.75, 3.05) is 5.32 Å². The molecule has 6 nitrogen and oxygen atoms in total. The maximum atomic E-state index is 13.6. The van der Waals surface area contributed by atoms with Crippen LogP contribution in [0.1, 0.15) is 19.4 Å². The van der Waals surface area contributed by atoms with E-state index < -0.39 is 29.7 Å². The lowest BCUT2D eigenvalue weighted by atomic mass is 10.2. The third-order valence-electron chi connectivity index (χ3n) is 3.43. The molecule has 0 aromatic heterocycles. The van der Waals surface area contributed by atoms with E-state index >= 15 is 0 Å². The van der Waals surface area contributed by atoms with Crippen molar-refractivity contribution in [3.05, 3.63) is 71.7 Å². The predicted octanol–water partition coefficient (Wildman–Crippen LogP) is 2.87. The number of carbonyl (C=O) groups excluding carboxylic acids is 3. The summed E-state index contributed by atoms with van der Waals surface area (Å²) in [5, 5.41) is 4.73. The van der Waals surface area contributed by atoms with Gasteiger partial charge in [0.1, 0.15) is 11.5 Å². The monoisotopic (exact) mass is 370 g/mol. The lowest BCUT2D eigenvalue weighted by Crippen LogP contribution is -2.34. The quantitative estimate of drug-likeness (QED) is 0.605. The molecule has 0 aliphatic carbocycles. The highest BCUT2D eigenvalue weighted by atomic mass is 19.1. The van der Waals surface area contributed by atoms with Gasteiger partial charge in [-0.25, -0.2) is 9.18 Å². The van der Waals surface area contributed by atoms with Crippen LogP contribution >= 0.6 is 0 Å². The van der Waals surface area contributed by atoms with Crippen LogP contribution in [-0.2, 0) is 19.1 Å². The molecule has 0 aliphatic rings. The van der Waals surface area contributed by atoms with Gasteiger partial charge >= 0.3 is 5.97 Å². The standard InChI is InChI=1S/C20H19FN2O4/c1-13(19(25)23-17-11-7-6-10-16(17)21)27-20(26)18(22-14(2)24)12-15-8-4-3-5-9-15/h3-13H,1-2H3,(H,22,24)(H,23,25)/b18-12+. The van der Waals surface area contributed by atoms with E-state index in [0.717, 1.165) is 0 Å². The predicted molar refractivity (Wildman–Crippen MR) is 98.8 cm³/mol. The van der Waals surface area contributed by atoms with Crippen molar-refractivity contribution in [3.8, 4) is 0 Å². The molecule has 2 aromatic rings. The van der Waals surface area contributed by atoms with Gasteiger partial charge < -0.3 is 15.4 Å². The van der Waals surface area contributed by atoms with Crippen LogP contribution in [0.2, 0.25) is 0 Å². The van der Waals surface area contributed by atoms with E-state index in [0.29, 0.717) is 5.56 Å². The van der Waals surface area contributed by atoms with Gasteiger partial charge in [-0.15, -0.1) is 0 Å². The number of carbonyl (C=O) groups is 3. The summed E-state index contributed by atoms with van der Waals surface area (Å²) in [5.41, 5.74) is 0.535. The lowest BCUT2D eigenvalue weighted by Gasteiger charge is -2.15. The van der Waals surface area contributed by atoms with Gasteiger partial charge in [0.2, 0.25) is 5.91 Å². The molecule has 0 radical (unpaired) electrons. The molecule has 0 fully saturated rings. The average molecular weight is 370 g/mol. The maximum absolute atomic E-state index is 13.6. The molecule has 2 N–H and O–H groups in total. The zero-order chi connectivity index (χ0) is 19.8. The number of esters is 1. The van der Waals surface area contributed by atoms with E-state index in [1.807, 2.05) is 6.07 Å². The number of para-hydroxylation sites is 1. The molecule has 2 amide bonds. The fourth-order valence-electron chi connectivity index (χ4n) is 2.13. The lowest BCUT2D eigenvalue weighted by molar-refractivity contribution is -0.149. The Labute approximate surface area is 156 Å². The molecule has 0 saturated heterocycles. The Balaban J connectivity index is 2.09. The fraction of sp³-hybridized carbons (Fsp3) is 0.150. The summed E-state index contributed by atoms with van der Waals surface area (Å²) in [6.45, 7) is 2.60. The largest absolute Gasteiger partial charge is 0.448 e. The molecule has 140 valence electrons. The number of hydrogen-bond donors (Lipinski definition) is 2. The molecule has 0 bridgehead atoms. The van der Waals surface area contributed by atoms with E-state index in [2.05, 4.69) is 10.6 Å². The Morgan fingerprint density at radius 2 is 1.67 bits per heavy atom. The average Bonchev–Trinajstić information content (AvgIpc) is 2.63. The third kappa shape index (κ3) is 6.07. The number of halogens is 1. The van der Waals surface area contributed by atoms with Crippen LogP contribution in [0.25, 0.3) is 6.08 Å². The maximum Gasteiger partial charge on any atom is 0.355 e. The number of hydrogen-bond acceptors (Lipinski definition) is 4. The molecule has 1 atom stereocenters. The van der Waals surface area contributed by atoms with Crippen molar-refractivity contribution in [1.29, 1.82) is 0 Å². The second-order valence-corrected chi connectivity index (χ2v) is 5.67. The Morgan fingerprint density at radius 3 is 2.30 bits per heavy atom. The van der Waals surface area contributed by atoms with Crippen LogP contribution in [-0.4, -0.2) is 23.9 Å². The SMILES string of the molecule is CC(=O)N/C(=C/c1ccccc1)C(=O)OC(C)C(=O)Nc1ccccc1F. The summed E-state index contributed by atoms with van der Waals surface area (Å²) in [6.07, 6.45) is 0.232. The van der Waals surface area contributed by atoms with E-state index in [-0.39, 0.29) is 11.4 Å². The summed E-state index contributed by atoms with van der Waals surface area (Å²) in [5.74, 6) is -2.65. The van der Waals surface area contributed by atoms with Crippen LogP contribution in [0.15, 0.2) is 60.3 Å². The highest BCUT2D eigenvalue weighted by molar-refractivity contribution is 6.00. The Kier molecular flexibility index (Phi) is 6.82. The zero-order valence-corrected chi connectivity index (χ0v) is 14.9. The van der Waals surface area contributed by atoms with Crippen LogP contribution < -0.4 is 10.6 Å². The van der Waals surface area contributed by atoms with Gasteiger partial charge in [-0.2, -0.15) is 0 Å². The van der Waals surface area contributed by atoms with E-state index in [1.165, 1.54) is 38.1 Å². The van der Waals surface area contributed by atoms with Gasteiger partial charge in [-0.3, -0.25) is 9.59 Å². The Hall–Kier alpha value is -3.48. The molecule has 0 saturated carbocycles. The van der Waals surface area contributed by atoms with Crippen molar-refractivity contribution in [2.24, 2.45) is 0 Å². The van der Waals surface area contributed by atoms with Gasteiger partial charge in [0, 0.05) is 6.92 Å². The first-order chi connectivity index (χ1) is 12.9. The topological polar surface area (TPSA) is 84.5 Å². The molecule has 27 heavy (non-hydrogen) atoms. The minimum absolute atomic E-state index is 0.0210. The molecule has 0 aliphatic heterocycles. The number of nitrogens with one attached hydrogen (secondary N) is 2. The zero-order valence-electron chi connectivity index (χ0n) is 14.9. The van der Waals surface area contributed by atoms with Gasteiger partial charge in [0.15, 0.2) is 6.10 Å². The van der Waals surface area contributed by atoms with Crippen molar-refractivity contribution in [3.63, 3.8) is 0 Å². The van der Waals surface area contributed by atoms with Crippen molar-refractivity contribution in [1.82, 2.24) is 5.32 Å². The number of rotatable bonds is 6. The number of amides is 2. The minimum atomic E-state index is -1.20. The Bertz CT molecular complexity index is 865. The molecule has 7 heteroatoms. The summed E-state index contributed by atoms with van der Waals surface area (Å²) in [7, 11) is 0. The fourth-order valence-corrected chi connectivity index (χ4v) is 2.13. The smallest absolute Gasteiger partial charge is 0.355 e. The van der Waals surface area contributed by atoms with Crippen molar-refractivity contribution in [2.45, 2.75) is 20.0 Å². The van der Waals surface area contributed by atoms with Crippen LogP contribution in [0.4, 0.5) is 10.1 Å². The van der Waals surface area contributed by atoms with Gasteiger partial charge in [-0.05, 0) is 30.7 Å². The summed E-state index contributed by atoms with van der Waals surface area (Å²) < 4.78 is 18.7. The van der Waals surface area contributed by atoms with E-state index in [4.69, 9.17) is 4.74 Å². The highest BCUT2D eigenvalue weighted by Crippen LogP contribution is 2.14. The Morgan fingerprint density at radius 1 is 1.04 bits per heavy atom. The first-order valence-corrected chi connectivity index (χ1v) is 8.17. The van der Waals surface area contributed by atoms with Gasteiger partial charge in [0.25, 0.3) is 5.91 Å². The molecule has 1 unspecified atom stereocenters. The molecular formula is C20H19FN2O4. The number of anilines is 1. The summed E-state index contributed by atoms with van der Waals surface area (Å²) in [6, 6.07) is 14.5. The van der Waals surface area contributed by atoms with E-state index in [9.17, 15) is 18.8 Å². The molecule has 0 heterocycles. The second kappa shape index (κ2) is 9.28. The summed E-state index contributed by atoms with van der Waals surface area (Å²) in [4.78, 5) is 35.9. The molecular weight excluding hydrogens is 351 g/mol. The van der Waals surface area contributed by atoms with Crippen LogP contribution in [0, 0.1) is 5.82 Å². The van der Waals surface area contributed by atoms with Gasteiger partial charge in [-0.1, -0.05) is 42.5 Å². The minimum Gasteiger partial charge on any atom is -0.448 e. The van der Waals surface area contributed by atoms with Crippen molar-refractivity contribution >= 4 is 29.5 Å². The first kappa shape index (κ1) is 19.8.